The fourth-order valence-corrected chi connectivity index (χ4v) is 0.634. The molecule has 0 aromatic heterocycles. The lowest BCUT2D eigenvalue weighted by atomic mass is 9.74. The van der Waals surface area contributed by atoms with Crippen LogP contribution in [-0.4, -0.2) is 28.0 Å². The van der Waals surface area contributed by atoms with E-state index in [0.717, 1.165) is 0 Å². The number of rotatable bonds is 3. The topological polar surface area (TPSA) is 57.5 Å². The van der Waals surface area contributed by atoms with Crippen LogP contribution in [0.25, 0.3) is 0 Å². The quantitative estimate of drug-likeness (QED) is 0.682. The zero-order chi connectivity index (χ0) is 10.2. The van der Waals surface area contributed by atoms with Crippen LogP contribution < -0.4 is 0 Å². The number of halogens is 1. The van der Waals surface area contributed by atoms with Gasteiger partial charge in [0.25, 0.3) is 0 Å². The van der Waals surface area contributed by atoms with Crippen molar-refractivity contribution in [2.75, 3.05) is 0 Å². The molecule has 1 atom stereocenters. The second-order valence-electron chi connectivity index (χ2n) is 3.93. The highest BCUT2D eigenvalue weighted by atomic mass is 19.1. The van der Waals surface area contributed by atoms with Gasteiger partial charge in [-0.05, 0) is 13.8 Å². The molecule has 0 aromatic carbocycles. The van der Waals surface area contributed by atoms with Crippen molar-refractivity contribution in [2.24, 2.45) is 5.41 Å². The van der Waals surface area contributed by atoms with Crippen molar-refractivity contribution in [2.45, 2.75) is 39.5 Å². The van der Waals surface area contributed by atoms with Crippen molar-refractivity contribution in [3.8, 4) is 0 Å². The van der Waals surface area contributed by atoms with E-state index in [0.29, 0.717) is 0 Å². The first-order chi connectivity index (χ1) is 5.10. The molecule has 0 fully saturated rings. The molecule has 0 rings (SSSR count). The van der Waals surface area contributed by atoms with Crippen LogP contribution in [0.2, 0.25) is 0 Å². The Kier molecular flexibility index (Phi) is 2.85. The number of carboxylic acids is 1. The number of carboxylic acid groups (broad SMARTS) is 1. The Labute approximate surface area is 71.2 Å². The fraction of sp³-hybridized carbons (Fsp3) is 0.875. The van der Waals surface area contributed by atoms with Crippen LogP contribution in [-0.2, 0) is 4.79 Å². The summed E-state index contributed by atoms with van der Waals surface area (Å²) in [5.41, 5.74) is -3.02. The molecule has 0 saturated heterocycles. The third-order valence-electron chi connectivity index (χ3n) is 2.45. The summed E-state index contributed by atoms with van der Waals surface area (Å²) in [7, 11) is 0. The fourth-order valence-electron chi connectivity index (χ4n) is 0.634. The van der Waals surface area contributed by atoms with E-state index in [4.69, 9.17) is 10.2 Å². The van der Waals surface area contributed by atoms with E-state index in [1.165, 1.54) is 27.7 Å². The van der Waals surface area contributed by atoms with Gasteiger partial charge in [-0.25, -0.2) is 9.18 Å². The SMILES string of the molecule is CC(C)(F)C(C)(C)C(O)C(=O)O. The van der Waals surface area contributed by atoms with Gasteiger partial charge in [0.05, 0.1) is 0 Å². The molecule has 72 valence electrons. The standard InChI is InChI=1S/C8H15FO3/c1-7(2,8(3,4)9)5(10)6(11)12/h5,10H,1-4H3,(H,11,12). The maximum Gasteiger partial charge on any atom is 0.333 e. The van der Waals surface area contributed by atoms with Crippen LogP contribution >= 0.6 is 0 Å². The minimum Gasteiger partial charge on any atom is -0.479 e. The number of hydrogen-bond donors (Lipinski definition) is 2. The summed E-state index contributed by atoms with van der Waals surface area (Å²) >= 11 is 0. The minimum atomic E-state index is -1.73. The van der Waals surface area contributed by atoms with Gasteiger partial charge in [0.1, 0.15) is 5.67 Å². The van der Waals surface area contributed by atoms with Gasteiger partial charge in [0, 0.05) is 5.41 Å². The molecular weight excluding hydrogens is 163 g/mol. The van der Waals surface area contributed by atoms with Crippen LogP contribution in [0.4, 0.5) is 4.39 Å². The van der Waals surface area contributed by atoms with Gasteiger partial charge in [-0.3, -0.25) is 0 Å². The van der Waals surface area contributed by atoms with E-state index < -0.39 is 23.2 Å². The van der Waals surface area contributed by atoms with E-state index in [1.54, 1.807) is 0 Å². The normalized spacial score (nSPS) is 15.8. The van der Waals surface area contributed by atoms with Gasteiger partial charge in [0.2, 0.25) is 0 Å². The van der Waals surface area contributed by atoms with Gasteiger partial charge in [-0.15, -0.1) is 0 Å². The number of carbonyl (C=O) groups is 1. The van der Waals surface area contributed by atoms with Crippen LogP contribution in [0.15, 0.2) is 0 Å². The highest BCUT2D eigenvalue weighted by Gasteiger charge is 2.46. The average molecular weight is 178 g/mol. The minimum absolute atomic E-state index is 1.25. The van der Waals surface area contributed by atoms with Gasteiger partial charge < -0.3 is 10.2 Å². The van der Waals surface area contributed by atoms with E-state index in [2.05, 4.69) is 0 Å². The molecule has 2 N–H and O–H groups in total. The van der Waals surface area contributed by atoms with E-state index in [-0.39, 0.29) is 0 Å². The second-order valence-corrected chi connectivity index (χ2v) is 3.93. The van der Waals surface area contributed by atoms with Crippen molar-refractivity contribution >= 4 is 5.97 Å². The second kappa shape index (κ2) is 3.01. The van der Waals surface area contributed by atoms with Gasteiger partial charge in [-0.1, -0.05) is 13.8 Å². The monoisotopic (exact) mass is 178 g/mol. The summed E-state index contributed by atoms with van der Waals surface area (Å²) in [4.78, 5) is 10.4. The highest BCUT2D eigenvalue weighted by molar-refractivity contribution is 5.73. The van der Waals surface area contributed by atoms with E-state index in [1.807, 2.05) is 0 Å². The third kappa shape index (κ3) is 1.94. The van der Waals surface area contributed by atoms with Gasteiger partial charge >= 0.3 is 5.97 Å². The Morgan fingerprint density at radius 1 is 1.33 bits per heavy atom. The lowest BCUT2D eigenvalue weighted by Crippen LogP contribution is -2.48. The molecule has 0 aliphatic carbocycles. The van der Waals surface area contributed by atoms with Crippen LogP contribution in [0.1, 0.15) is 27.7 Å². The summed E-state index contributed by atoms with van der Waals surface area (Å²) in [6.07, 6.45) is -1.68. The maximum atomic E-state index is 13.4. The lowest BCUT2D eigenvalue weighted by Gasteiger charge is -2.36. The first-order valence-corrected chi connectivity index (χ1v) is 3.70. The summed E-state index contributed by atoms with van der Waals surface area (Å²) in [5, 5.41) is 17.6. The lowest BCUT2D eigenvalue weighted by molar-refractivity contribution is -0.160. The van der Waals surface area contributed by atoms with E-state index in [9.17, 15) is 9.18 Å². The molecule has 0 aliphatic heterocycles. The molecule has 0 aromatic rings. The summed E-state index contributed by atoms with van der Waals surface area (Å²) < 4.78 is 13.4. The zero-order valence-electron chi connectivity index (χ0n) is 7.76. The molecule has 12 heavy (non-hydrogen) atoms. The Morgan fingerprint density at radius 2 is 1.67 bits per heavy atom. The number of aliphatic hydroxyl groups excluding tert-OH is 1. The van der Waals surface area contributed by atoms with Crippen LogP contribution in [0.3, 0.4) is 0 Å². The molecule has 0 saturated carbocycles. The van der Waals surface area contributed by atoms with Crippen molar-refractivity contribution in [1.29, 1.82) is 0 Å². The number of aliphatic hydroxyl groups is 1. The molecule has 0 radical (unpaired) electrons. The molecule has 0 bridgehead atoms. The summed E-state index contributed by atoms with van der Waals surface area (Å²) in [5.74, 6) is -1.40. The van der Waals surface area contributed by atoms with Gasteiger partial charge in [-0.2, -0.15) is 0 Å². The average Bonchev–Trinajstić information content (AvgIpc) is 1.83. The molecule has 0 heterocycles. The molecule has 0 spiro atoms. The molecule has 4 heteroatoms. The maximum absolute atomic E-state index is 13.4. The third-order valence-corrected chi connectivity index (χ3v) is 2.45. The number of alkyl halides is 1. The molecule has 3 nitrogen and oxygen atoms in total. The largest absolute Gasteiger partial charge is 0.479 e. The van der Waals surface area contributed by atoms with E-state index >= 15 is 0 Å². The number of hydrogen-bond acceptors (Lipinski definition) is 2. The van der Waals surface area contributed by atoms with Crippen LogP contribution in [0.5, 0.6) is 0 Å². The molecule has 1 unspecified atom stereocenters. The van der Waals surface area contributed by atoms with Crippen molar-refractivity contribution in [1.82, 2.24) is 0 Å². The first kappa shape index (κ1) is 11.4. The Balaban J connectivity index is 4.73. The predicted octanol–water partition coefficient (Wildman–Crippen LogP) is 1.21. The first-order valence-electron chi connectivity index (χ1n) is 3.70. The number of aliphatic carboxylic acids is 1. The van der Waals surface area contributed by atoms with Crippen molar-refractivity contribution < 1.29 is 19.4 Å². The predicted molar refractivity (Wildman–Crippen MR) is 42.6 cm³/mol. The van der Waals surface area contributed by atoms with Gasteiger partial charge in [0.15, 0.2) is 6.10 Å². The van der Waals surface area contributed by atoms with Crippen molar-refractivity contribution in [3.05, 3.63) is 0 Å². The Hall–Kier alpha value is -0.640. The Morgan fingerprint density at radius 3 is 1.75 bits per heavy atom. The zero-order valence-corrected chi connectivity index (χ0v) is 7.76. The smallest absolute Gasteiger partial charge is 0.333 e. The molecular formula is C8H15FO3. The summed E-state index contributed by atoms with van der Waals surface area (Å²) in [6.45, 7) is 5.26. The van der Waals surface area contributed by atoms with Crippen molar-refractivity contribution in [3.63, 3.8) is 0 Å². The Bertz CT molecular complexity index is 181. The van der Waals surface area contributed by atoms with Crippen LogP contribution in [0, 0.1) is 5.41 Å². The molecule has 0 amide bonds. The summed E-state index contributed by atoms with van der Waals surface area (Å²) in [6, 6.07) is 0. The highest BCUT2D eigenvalue weighted by Crippen LogP contribution is 2.37. The molecule has 0 aliphatic rings.